The largest absolute Gasteiger partial charge is 0.495 e. The molecule has 11 heteroatoms. The number of nitriles is 1. The highest BCUT2D eigenvalue weighted by Gasteiger charge is 2.17. The van der Waals surface area contributed by atoms with Crippen LogP contribution in [-0.4, -0.2) is 93.2 Å². The van der Waals surface area contributed by atoms with E-state index >= 15 is 0 Å². The molecule has 0 bridgehead atoms. The first-order valence-electron chi connectivity index (χ1n) is 14.4. The maximum atomic E-state index is 9.76. The van der Waals surface area contributed by atoms with Crippen LogP contribution in [0.25, 0.3) is 20.7 Å². The van der Waals surface area contributed by atoms with E-state index in [2.05, 4.69) is 80.8 Å². The molecule has 0 saturated carbocycles. The van der Waals surface area contributed by atoms with E-state index in [-0.39, 0.29) is 0 Å². The van der Waals surface area contributed by atoms with Gasteiger partial charge < -0.3 is 25.2 Å². The predicted molar refractivity (Wildman–Crippen MR) is 179 cm³/mol. The summed E-state index contributed by atoms with van der Waals surface area (Å²) in [4.78, 5) is 12.8. The smallest absolute Gasteiger partial charge is 0.139 e. The van der Waals surface area contributed by atoms with Gasteiger partial charge in [-0.15, -0.1) is 11.3 Å². The second-order valence-corrected chi connectivity index (χ2v) is 12.8. The van der Waals surface area contributed by atoms with E-state index in [4.69, 9.17) is 27.9 Å². The van der Waals surface area contributed by atoms with E-state index in [1.54, 1.807) is 36.8 Å². The molecule has 6 rings (SSSR count). The van der Waals surface area contributed by atoms with Gasteiger partial charge in [-0.3, -0.25) is 9.88 Å². The van der Waals surface area contributed by atoms with Gasteiger partial charge in [-0.1, -0.05) is 47.5 Å². The lowest BCUT2D eigenvalue weighted by atomic mass is 10.1. The van der Waals surface area contributed by atoms with E-state index < -0.39 is 0 Å². The summed E-state index contributed by atoms with van der Waals surface area (Å²) in [6.07, 6.45) is 1.58. The molecule has 4 heterocycles. The second kappa shape index (κ2) is 14.7. The van der Waals surface area contributed by atoms with Crippen molar-refractivity contribution in [1.29, 1.82) is 5.26 Å². The molecule has 0 aliphatic carbocycles. The molecular weight excluding hydrogens is 601 g/mol. The number of ether oxygens (including phenoxy) is 1. The van der Waals surface area contributed by atoms with E-state index in [0.29, 0.717) is 32.7 Å². The molecule has 226 valence electrons. The van der Waals surface area contributed by atoms with Crippen LogP contribution < -0.4 is 15.4 Å². The molecule has 2 N–H and O–H groups in total. The number of nitrogens with one attached hydrogen (secondary N) is 2. The Morgan fingerprint density at radius 3 is 2.30 bits per heavy atom. The number of thiophene rings is 1. The molecule has 0 radical (unpaired) electrons. The Kier molecular flexibility index (Phi) is 10.8. The van der Waals surface area contributed by atoms with Crippen molar-refractivity contribution in [2.24, 2.45) is 0 Å². The Bertz CT molecular complexity index is 1570. The van der Waals surface area contributed by atoms with E-state index in [1.165, 1.54) is 18.7 Å². The number of fused-ring (bicyclic) bond motifs is 1. The van der Waals surface area contributed by atoms with Crippen LogP contribution in [0, 0.1) is 11.3 Å². The maximum Gasteiger partial charge on any atom is 0.139 e. The lowest BCUT2D eigenvalue weighted by Crippen LogP contribution is -2.43. The van der Waals surface area contributed by atoms with E-state index in [1.807, 2.05) is 0 Å². The summed E-state index contributed by atoms with van der Waals surface area (Å²) in [6, 6.07) is 16.4. The highest BCUT2D eigenvalue weighted by Crippen LogP contribution is 2.41. The zero-order chi connectivity index (χ0) is 30.3. The summed E-state index contributed by atoms with van der Waals surface area (Å²) in [5, 5.41) is 17.2. The zero-order valence-corrected chi connectivity index (χ0v) is 27.1. The molecule has 8 nitrogen and oxygen atoms in total. The molecule has 0 unspecified atom stereocenters. The Morgan fingerprint density at radius 2 is 1.67 bits per heavy atom. The summed E-state index contributed by atoms with van der Waals surface area (Å²) < 4.78 is 6.22. The van der Waals surface area contributed by atoms with Crippen LogP contribution in [0.1, 0.15) is 11.1 Å². The first-order chi connectivity index (χ1) is 20.8. The molecular formula is C32H37Cl2N7OS. The zero-order valence-electron chi connectivity index (χ0n) is 24.8. The number of pyridine rings is 1. The number of rotatable bonds is 6. The summed E-state index contributed by atoms with van der Waals surface area (Å²) >= 11 is 14.2. The number of nitrogens with zero attached hydrogens (tertiary/aromatic N) is 5. The lowest BCUT2D eigenvalue weighted by Gasteiger charge is -2.32. The Labute approximate surface area is 267 Å². The van der Waals surface area contributed by atoms with Crippen LogP contribution in [0.4, 0.5) is 11.4 Å². The summed E-state index contributed by atoms with van der Waals surface area (Å²) in [6.45, 7) is 10.1. The molecule has 2 saturated heterocycles. The molecule has 2 aromatic carbocycles. The minimum Gasteiger partial charge on any atom is -0.495 e. The normalized spacial score (nSPS) is 16.4. The van der Waals surface area contributed by atoms with Gasteiger partial charge in [0.15, 0.2) is 0 Å². The topological polar surface area (TPSA) is 79.7 Å². The molecule has 2 fully saturated rings. The van der Waals surface area contributed by atoms with Crippen molar-refractivity contribution in [3.63, 3.8) is 0 Å². The first kappa shape index (κ1) is 31.5. The number of likely N-dealkylation sites (N-methyl/N-ethyl adjacent to an activating group) is 2. The number of hydrogen-bond donors (Lipinski definition) is 2. The average Bonchev–Trinajstić information content (AvgIpc) is 3.46. The minimum atomic E-state index is 0.419. The number of piperazine rings is 2. The fourth-order valence-electron chi connectivity index (χ4n) is 5.06. The van der Waals surface area contributed by atoms with Crippen molar-refractivity contribution in [2.45, 2.75) is 6.54 Å². The van der Waals surface area contributed by atoms with Gasteiger partial charge in [0.1, 0.15) is 11.8 Å². The molecule has 0 atom stereocenters. The first-order valence-corrected chi connectivity index (χ1v) is 15.9. The van der Waals surface area contributed by atoms with Gasteiger partial charge in [0.25, 0.3) is 0 Å². The number of methoxy groups -OCH3 is 1. The fraction of sp³-hybridized carbons (Fsp3) is 0.375. The van der Waals surface area contributed by atoms with Crippen LogP contribution in [0.5, 0.6) is 5.75 Å². The second-order valence-electron chi connectivity index (χ2n) is 10.9. The predicted octanol–water partition coefficient (Wildman–Crippen LogP) is 6.16. The molecule has 4 aromatic rings. The number of halogens is 2. The molecule has 43 heavy (non-hydrogen) atoms. The summed E-state index contributed by atoms with van der Waals surface area (Å²) in [5.41, 5.74) is 4.94. The third kappa shape index (κ3) is 7.97. The van der Waals surface area contributed by atoms with Crippen molar-refractivity contribution in [2.75, 3.05) is 78.9 Å². The summed E-state index contributed by atoms with van der Waals surface area (Å²) in [5.74, 6) is 0.496. The van der Waals surface area contributed by atoms with Crippen LogP contribution in [-0.2, 0) is 6.54 Å². The van der Waals surface area contributed by atoms with E-state index in [9.17, 15) is 5.26 Å². The Morgan fingerprint density at radius 1 is 0.977 bits per heavy atom. The molecule has 2 aliphatic heterocycles. The number of benzene rings is 2. The lowest BCUT2D eigenvalue weighted by molar-refractivity contribution is 0.148. The van der Waals surface area contributed by atoms with Gasteiger partial charge in [0, 0.05) is 76.0 Å². The SMILES string of the molecule is CN1CCNCC1.COc1cc(Nc2c(C#N)cnc3cc(-c4ccc(CN5CCN(C)CC5)cc4)sc23)c(Cl)cc1Cl. The molecule has 2 aliphatic rings. The van der Waals surface area contributed by atoms with Crippen molar-refractivity contribution >= 4 is 56.1 Å². The van der Waals surface area contributed by atoms with Gasteiger partial charge >= 0.3 is 0 Å². The third-order valence-corrected chi connectivity index (χ3v) is 9.54. The van der Waals surface area contributed by atoms with Crippen LogP contribution >= 0.6 is 34.5 Å². The number of aromatic nitrogens is 1. The number of anilines is 2. The standard InChI is InChI=1S/C27H25Cl2N5OS.C5H12N2/c1-33-7-9-34(10-8-33)16-17-3-5-18(6-4-17)25-13-23-27(36-25)26(19(14-30)15-31-23)32-22-12-24(35-2)21(29)11-20(22)28;1-7-4-2-6-3-5-7/h3-6,11-13,15H,7-10,16H2,1-2H3,(H,31,32);6H,2-5H2,1H3. The van der Waals surface area contributed by atoms with Crippen molar-refractivity contribution < 1.29 is 4.74 Å². The van der Waals surface area contributed by atoms with Crippen molar-refractivity contribution in [1.82, 2.24) is 25.0 Å². The average molecular weight is 639 g/mol. The van der Waals surface area contributed by atoms with Gasteiger partial charge in [-0.25, -0.2) is 0 Å². The van der Waals surface area contributed by atoms with Gasteiger partial charge in [0.2, 0.25) is 0 Å². The minimum absolute atomic E-state index is 0.419. The maximum absolute atomic E-state index is 9.76. The fourth-order valence-corrected chi connectivity index (χ4v) is 6.69. The quantitative estimate of drug-likeness (QED) is 0.260. The van der Waals surface area contributed by atoms with Crippen LogP contribution in [0.2, 0.25) is 10.0 Å². The van der Waals surface area contributed by atoms with Gasteiger partial charge in [-0.2, -0.15) is 5.26 Å². The number of hydrogen-bond acceptors (Lipinski definition) is 9. The highest BCUT2D eigenvalue weighted by atomic mass is 35.5. The monoisotopic (exact) mass is 637 g/mol. The van der Waals surface area contributed by atoms with Crippen LogP contribution in [0.15, 0.2) is 48.7 Å². The van der Waals surface area contributed by atoms with Crippen molar-refractivity contribution in [3.8, 4) is 22.3 Å². The Hall–Kier alpha value is -2.94. The highest BCUT2D eigenvalue weighted by molar-refractivity contribution is 7.22. The third-order valence-electron chi connectivity index (χ3n) is 7.74. The molecule has 2 aromatic heterocycles. The van der Waals surface area contributed by atoms with E-state index in [0.717, 1.165) is 66.5 Å². The Balaban J connectivity index is 0.000000463. The van der Waals surface area contributed by atoms with Crippen LogP contribution in [0.3, 0.4) is 0 Å². The molecule has 0 spiro atoms. The summed E-state index contributed by atoms with van der Waals surface area (Å²) in [7, 11) is 5.88. The molecule has 0 amide bonds. The van der Waals surface area contributed by atoms with Crippen molar-refractivity contribution in [3.05, 3.63) is 69.8 Å². The van der Waals surface area contributed by atoms with Gasteiger partial charge in [0.05, 0.1) is 44.3 Å². The van der Waals surface area contributed by atoms with Gasteiger partial charge in [-0.05, 0) is 37.4 Å².